The number of carbonyl (C=O) groups is 1. The lowest BCUT2D eigenvalue weighted by atomic mass is 10.1. The van der Waals surface area contributed by atoms with E-state index < -0.39 is 10.0 Å². The summed E-state index contributed by atoms with van der Waals surface area (Å²) < 4.78 is 31.2. The van der Waals surface area contributed by atoms with E-state index in [2.05, 4.69) is 5.16 Å². The number of rotatable bonds is 4. The number of benzene rings is 1. The highest BCUT2D eigenvalue weighted by Crippen LogP contribution is 2.49. The van der Waals surface area contributed by atoms with E-state index in [0.717, 1.165) is 15.4 Å². The number of aromatic nitrogens is 1. The summed E-state index contributed by atoms with van der Waals surface area (Å²) in [6.45, 7) is 5.07. The average molecular weight is 348 g/mol. The van der Waals surface area contributed by atoms with Gasteiger partial charge in [-0.3, -0.25) is 4.79 Å². The number of sulfonamides is 1. The van der Waals surface area contributed by atoms with Crippen LogP contribution >= 0.6 is 0 Å². The fraction of sp³-hybridized carbons (Fsp3) is 0.412. The number of hydrogen-bond acceptors (Lipinski definition) is 5. The summed E-state index contributed by atoms with van der Waals surface area (Å²) in [7, 11) is -2.65. The van der Waals surface area contributed by atoms with Crippen LogP contribution in [-0.2, 0) is 14.8 Å². The van der Waals surface area contributed by atoms with Gasteiger partial charge in [0, 0.05) is 13.0 Å². The van der Waals surface area contributed by atoms with Crippen LogP contribution in [-0.4, -0.2) is 30.8 Å². The quantitative estimate of drug-likeness (QED) is 0.848. The van der Waals surface area contributed by atoms with Gasteiger partial charge in [0.25, 0.3) is 10.0 Å². The molecule has 1 aliphatic carbocycles. The fourth-order valence-electron chi connectivity index (χ4n) is 3.07. The van der Waals surface area contributed by atoms with Crippen molar-refractivity contribution >= 4 is 15.9 Å². The summed E-state index contributed by atoms with van der Waals surface area (Å²) in [5.74, 6) is -0.411. The summed E-state index contributed by atoms with van der Waals surface area (Å²) in [6.07, 6.45) is 0.670. The molecule has 1 aromatic carbocycles. The maximum absolute atomic E-state index is 12.7. The number of amides is 1. The van der Waals surface area contributed by atoms with E-state index >= 15 is 0 Å². The molecule has 1 aromatic heterocycles. The zero-order chi connectivity index (χ0) is 17.6. The van der Waals surface area contributed by atoms with Gasteiger partial charge in [-0.2, -0.15) is 0 Å². The molecule has 1 saturated carbocycles. The van der Waals surface area contributed by atoms with Crippen molar-refractivity contribution in [3.05, 3.63) is 46.8 Å². The highest BCUT2D eigenvalue weighted by molar-refractivity contribution is 7.89. The molecule has 24 heavy (non-hydrogen) atoms. The minimum atomic E-state index is -3.95. The molecule has 3 rings (SSSR count). The first kappa shape index (κ1) is 16.7. The lowest BCUT2D eigenvalue weighted by Gasteiger charge is -2.17. The molecular weight excluding hydrogens is 328 g/mol. The third-order valence-corrected chi connectivity index (χ3v) is 6.47. The first-order valence-corrected chi connectivity index (χ1v) is 9.19. The van der Waals surface area contributed by atoms with E-state index in [9.17, 15) is 13.2 Å². The van der Waals surface area contributed by atoms with Crippen molar-refractivity contribution in [2.24, 2.45) is 5.92 Å². The van der Waals surface area contributed by atoms with Gasteiger partial charge in [0.05, 0.1) is 0 Å². The summed E-state index contributed by atoms with van der Waals surface area (Å²) >= 11 is 0. The molecule has 7 heteroatoms. The van der Waals surface area contributed by atoms with E-state index in [1.807, 2.05) is 31.2 Å². The Morgan fingerprint density at radius 1 is 1.29 bits per heavy atom. The number of nitrogens with zero attached hydrogens (tertiary/aromatic N) is 2. The average Bonchev–Trinajstić information content (AvgIpc) is 3.25. The lowest BCUT2D eigenvalue weighted by molar-refractivity contribution is -0.127. The van der Waals surface area contributed by atoms with Crippen molar-refractivity contribution in [3.63, 3.8) is 0 Å². The van der Waals surface area contributed by atoms with Crippen molar-refractivity contribution in [2.45, 2.75) is 38.0 Å². The van der Waals surface area contributed by atoms with Crippen LogP contribution in [0.1, 0.15) is 34.9 Å². The van der Waals surface area contributed by atoms with Crippen LogP contribution in [0.4, 0.5) is 0 Å². The molecule has 0 N–H and O–H groups in total. The predicted molar refractivity (Wildman–Crippen MR) is 88.0 cm³/mol. The predicted octanol–water partition coefficient (Wildman–Crippen LogP) is 2.55. The van der Waals surface area contributed by atoms with Crippen LogP contribution in [0.15, 0.2) is 33.7 Å². The molecule has 1 amide bonds. The number of aryl methyl sites for hydroxylation is 3. The Bertz CT molecular complexity index is 882. The minimum absolute atomic E-state index is 0.0221. The Labute approximate surface area is 141 Å². The van der Waals surface area contributed by atoms with Gasteiger partial charge in [-0.25, -0.2) is 12.7 Å². The van der Waals surface area contributed by atoms with E-state index in [0.29, 0.717) is 6.42 Å². The molecule has 0 bridgehead atoms. The van der Waals surface area contributed by atoms with Crippen molar-refractivity contribution in [1.82, 2.24) is 9.46 Å². The van der Waals surface area contributed by atoms with E-state index in [1.54, 1.807) is 6.92 Å². The lowest BCUT2D eigenvalue weighted by Crippen LogP contribution is -2.35. The van der Waals surface area contributed by atoms with Gasteiger partial charge in [-0.05, 0) is 38.7 Å². The van der Waals surface area contributed by atoms with Gasteiger partial charge in [-0.1, -0.05) is 35.0 Å². The second-order valence-electron chi connectivity index (χ2n) is 6.33. The maximum Gasteiger partial charge on any atom is 0.271 e. The van der Waals surface area contributed by atoms with E-state index in [4.69, 9.17) is 4.52 Å². The zero-order valence-corrected chi connectivity index (χ0v) is 14.9. The van der Waals surface area contributed by atoms with Crippen molar-refractivity contribution in [1.29, 1.82) is 0 Å². The summed E-state index contributed by atoms with van der Waals surface area (Å²) in [4.78, 5) is 12.6. The van der Waals surface area contributed by atoms with Gasteiger partial charge >= 0.3 is 0 Å². The smallest absolute Gasteiger partial charge is 0.271 e. The largest absolute Gasteiger partial charge is 0.360 e. The van der Waals surface area contributed by atoms with Crippen LogP contribution in [0.3, 0.4) is 0 Å². The highest BCUT2D eigenvalue weighted by atomic mass is 32.2. The van der Waals surface area contributed by atoms with Gasteiger partial charge in [0.2, 0.25) is 5.91 Å². The fourth-order valence-corrected chi connectivity index (χ4v) is 4.53. The molecule has 128 valence electrons. The Morgan fingerprint density at radius 3 is 2.58 bits per heavy atom. The Hall–Kier alpha value is -2.15. The van der Waals surface area contributed by atoms with E-state index in [1.165, 1.54) is 14.0 Å². The molecule has 6 nitrogen and oxygen atoms in total. The Morgan fingerprint density at radius 2 is 2.00 bits per heavy atom. The third kappa shape index (κ3) is 2.73. The SMILES string of the molecule is Cc1cccc(C2CC2C(=O)N(C)S(=O)(=O)c2c(C)noc2C)c1. The second-order valence-corrected chi connectivity index (χ2v) is 8.23. The Balaban J connectivity index is 1.81. The molecule has 1 aliphatic rings. The molecular formula is C17H20N2O4S. The molecule has 2 atom stereocenters. The highest BCUT2D eigenvalue weighted by Gasteiger charge is 2.48. The third-order valence-electron chi connectivity index (χ3n) is 4.47. The Kier molecular flexibility index (Phi) is 3.99. The minimum Gasteiger partial charge on any atom is -0.360 e. The summed E-state index contributed by atoms with van der Waals surface area (Å²) in [5.41, 5.74) is 2.47. The van der Waals surface area contributed by atoms with Crippen molar-refractivity contribution in [3.8, 4) is 0 Å². The molecule has 2 unspecified atom stereocenters. The van der Waals surface area contributed by atoms with E-state index in [-0.39, 0.29) is 34.1 Å². The standard InChI is InChI=1S/C17H20N2O4S/c1-10-6-5-7-13(8-10)14-9-15(14)17(20)19(4)24(21,22)16-11(2)18-23-12(16)3/h5-8,14-15H,9H2,1-4H3. The molecule has 0 aliphatic heterocycles. The molecule has 0 spiro atoms. The molecule has 1 heterocycles. The zero-order valence-electron chi connectivity index (χ0n) is 14.1. The second kappa shape index (κ2) is 5.73. The summed E-state index contributed by atoms with van der Waals surface area (Å²) in [6, 6.07) is 7.97. The van der Waals surface area contributed by atoms with Gasteiger partial charge < -0.3 is 4.52 Å². The topological polar surface area (TPSA) is 80.5 Å². The van der Waals surface area contributed by atoms with Crippen LogP contribution in [0, 0.1) is 26.7 Å². The van der Waals surface area contributed by atoms with Crippen LogP contribution in [0.2, 0.25) is 0 Å². The van der Waals surface area contributed by atoms with Gasteiger partial charge in [0.1, 0.15) is 5.69 Å². The molecule has 2 aromatic rings. The first-order valence-electron chi connectivity index (χ1n) is 7.75. The maximum atomic E-state index is 12.7. The van der Waals surface area contributed by atoms with Gasteiger partial charge in [-0.15, -0.1) is 0 Å². The normalized spacial score (nSPS) is 20.0. The summed E-state index contributed by atoms with van der Waals surface area (Å²) in [5, 5.41) is 3.66. The van der Waals surface area contributed by atoms with Crippen LogP contribution < -0.4 is 0 Å². The van der Waals surface area contributed by atoms with Gasteiger partial charge in [0.15, 0.2) is 10.7 Å². The molecule has 1 fully saturated rings. The van der Waals surface area contributed by atoms with Crippen LogP contribution in [0.25, 0.3) is 0 Å². The molecule has 0 radical (unpaired) electrons. The molecule has 0 saturated heterocycles. The first-order chi connectivity index (χ1) is 11.2. The number of hydrogen-bond donors (Lipinski definition) is 0. The monoisotopic (exact) mass is 348 g/mol. The number of carbonyl (C=O) groups excluding carboxylic acids is 1. The van der Waals surface area contributed by atoms with Crippen molar-refractivity contribution < 1.29 is 17.7 Å². The van der Waals surface area contributed by atoms with Crippen LogP contribution in [0.5, 0.6) is 0 Å². The van der Waals surface area contributed by atoms with Crippen molar-refractivity contribution in [2.75, 3.05) is 7.05 Å².